The van der Waals surface area contributed by atoms with Gasteiger partial charge >= 0.3 is 0 Å². The van der Waals surface area contributed by atoms with E-state index < -0.39 is 0 Å². The summed E-state index contributed by atoms with van der Waals surface area (Å²) in [6.45, 7) is 5.99. The Hall–Kier alpha value is -1.62. The average Bonchev–Trinajstić information content (AvgIpc) is 2.81. The van der Waals surface area contributed by atoms with Crippen molar-refractivity contribution in [2.45, 2.75) is 32.6 Å². The van der Waals surface area contributed by atoms with Gasteiger partial charge in [-0.25, -0.2) is 4.39 Å². The summed E-state index contributed by atoms with van der Waals surface area (Å²) in [6.07, 6.45) is 2.79. The molecule has 0 radical (unpaired) electrons. The van der Waals surface area contributed by atoms with Gasteiger partial charge in [-0.15, -0.1) is 0 Å². The van der Waals surface area contributed by atoms with E-state index in [4.69, 9.17) is 4.74 Å². The minimum absolute atomic E-state index is 0.134. The molecule has 0 bridgehead atoms. The third-order valence-electron chi connectivity index (χ3n) is 3.79. The monoisotopic (exact) mass is 308 g/mol. The first kappa shape index (κ1) is 16.7. The maximum Gasteiger partial charge on any atom is 0.222 e. The van der Waals surface area contributed by atoms with Crippen molar-refractivity contribution in [3.05, 3.63) is 29.6 Å². The molecule has 0 aliphatic carbocycles. The summed E-state index contributed by atoms with van der Waals surface area (Å²) in [5.74, 6) is 0.535. The number of rotatable bonds is 6. The lowest BCUT2D eigenvalue weighted by molar-refractivity contribution is -0.130. The fourth-order valence-corrected chi connectivity index (χ4v) is 2.59. The van der Waals surface area contributed by atoms with Crippen LogP contribution in [0.5, 0.6) is 5.75 Å². The molecule has 1 amide bonds. The van der Waals surface area contributed by atoms with E-state index in [1.54, 1.807) is 6.07 Å². The fourth-order valence-electron chi connectivity index (χ4n) is 2.59. The molecule has 0 spiro atoms. The number of nitrogens with one attached hydrogen (secondary N) is 1. The Morgan fingerprint density at radius 3 is 3.05 bits per heavy atom. The predicted molar refractivity (Wildman–Crippen MR) is 84.6 cm³/mol. The zero-order valence-electron chi connectivity index (χ0n) is 13.2. The lowest BCUT2D eigenvalue weighted by atomic mass is 10.1. The van der Waals surface area contributed by atoms with Crippen LogP contribution in [0.15, 0.2) is 18.2 Å². The average molecular weight is 308 g/mol. The number of carbonyl (C=O) groups is 1. The first-order valence-corrected chi connectivity index (χ1v) is 8.10. The molecular formula is C17H25FN2O2. The van der Waals surface area contributed by atoms with Gasteiger partial charge in [0.15, 0.2) is 0 Å². The summed E-state index contributed by atoms with van der Waals surface area (Å²) < 4.78 is 19.1. The summed E-state index contributed by atoms with van der Waals surface area (Å²) in [4.78, 5) is 14.2. The highest BCUT2D eigenvalue weighted by Gasteiger charge is 2.16. The second-order valence-corrected chi connectivity index (χ2v) is 5.58. The van der Waals surface area contributed by atoms with Crippen molar-refractivity contribution < 1.29 is 13.9 Å². The second kappa shape index (κ2) is 8.73. The number of ether oxygens (including phenoxy) is 1. The van der Waals surface area contributed by atoms with Crippen molar-refractivity contribution in [1.82, 2.24) is 10.2 Å². The van der Waals surface area contributed by atoms with Crippen molar-refractivity contribution >= 4 is 5.91 Å². The minimum Gasteiger partial charge on any atom is -0.493 e. The summed E-state index contributed by atoms with van der Waals surface area (Å²) in [5.41, 5.74) is 0.773. The van der Waals surface area contributed by atoms with Crippen LogP contribution in [0.3, 0.4) is 0 Å². The van der Waals surface area contributed by atoms with E-state index in [-0.39, 0.29) is 11.7 Å². The molecule has 0 saturated carbocycles. The molecule has 4 nitrogen and oxygen atoms in total. The highest BCUT2D eigenvalue weighted by atomic mass is 19.1. The second-order valence-electron chi connectivity index (χ2n) is 5.58. The van der Waals surface area contributed by atoms with Crippen LogP contribution in [-0.2, 0) is 11.2 Å². The van der Waals surface area contributed by atoms with Crippen LogP contribution >= 0.6 is 0 Å². The van der Waals surface area contributed by atoms with Gasteiger partial charge in [-0.1, -0.05) is 6.92 Å². The Morgan fingerprint density at radius 1 is 1.36 bits per heavy atom. The number of benzene rings is 1. The molecule has 0 atom stereocenters. The number of nitrogens with zero attached hydrogens (tertiary/aromatic N) is 1. The molecule has 1 fully saturated rings. The number of hydrogen-bond donors (Lipinski definition) is 1. The van der Waals surface area contributed by atoms with Gasteiger partial charge in [0, 0.05) is 26.1 Å². The maximum absolute atomic E-state index is 13.4. The molecule has 1 N–H and O–H groups in total. The van der Waals surface area contributed by atoms with Gasteiger partial charge in [0.2, 0.25) is 5.91 Å². The first-order valence-electron chi connectivity index (χ1n) is 8.10. The summed E-state index contributed by atoms with van der Waals surface area (Å²) in [6, 6.07) is 4.53. The van der Waals surface area contributed by atoms with Gasteiger partial charge in [0.1, 0.15) is 11.6 Å². The van der Waals surface area contributed by atoms with Gasteiger partial charge in [0.05, 0.1) is 6.61 Å². The smallest absolute Gasteiger partial charge is 0.222 e. The van der Waals surface area contributed by atoms with Crippen molar-refractivity contribution in [2.75, 3.05) is 32.8 Å². The standard InChI is InChI=1S/C17H25FN2O2/c1-2-12-22-16-6-5-15(18)13-14(16)4-7-17(21)20-10-3-8-19-9-11-20/h5-6,13,19H,2-4,7-12H2,1H3. The van der Waals surface area contributed by atoms with Crippen LogP contribution in [-0.4, -0.2) is 43.6 Å². The quantitative estimate of drug-likeness (QED) is 0.877. The number of hydrogen-bond acceptors (Lipinski definition) is 3. The van der Waals surface area contributed by atoms with Crippen molar-refractivity contribution in [3.63, 3.8) is 0 Å². The van der Waals surface area contributed by atoms with E-state index >= 15 is 0 Å². The Labute approximate surface area is 131 Å². The zero-order chi connectivity index (χ0) is 15.8. The molecule has 1 aromatic carbocycles. The Balaban J connectivity index is 1.94. The fraction of sp³-hybridized carbons (Fsp3) is 0.588. The normalized spacial score (nSPS) is 15.5. The van der Waals surface area contributed by atoms with Gasteiger partial charge in [-0.3, -0.25) is 4.79 Å². The van der Waals surface area contributed by atoms with E-state index in [0.717, 1.165) is 44.6 Å². The SMILES string of the molecule is CCCOc1ccc(F)cc1CCC(=O)N1CCCNCC1. The van der Waals surface area contributed by atoms with Crippen LogP contribution in [0.1, 0.15) is 31.7 Å². The largest absolute Gasteiger partial charge is 0.493 e. The van der Waals surface area contributed by atoms with Gasteiger partial charge in [0.25, 0.3) is 0 Å². The van der Waals surface area contributed by atoms with Crippen LogP contribution in [0, 0.1) is 5.82 Å². The number of halogens is 1. The first-order chi connectivity index (χ1) is 10.7. The van der Waals surface area contributed by atoms with Crippen molar-refractivity contribution in [3.8, 4) is 5.75 Å². The molecule has 1 heterocycles. The van der Waals surface area contributed by atoms with Gasteiger partial charge in [-0.05, 0) is 49.6 Å². The van der Waals surface area contributed by atoms with Gasteiger partial charge in [-0.2, -0.15) is 0 Å². The van der Waals surface area contributed by atoms with E-state index in [1.165, 1.54) is 12.1 Å². The molecule has 1 aliphatic heterocycles. The van der Waals surface area contributed by atoms with E-state index in [0.29, 0.717) is 25.2 Å². The Morgan fingerprint density at radius 2 is 2.23 bits per heavy atom. The predicted octanol–water partition coefficient (Wildman–Crippen LogP) is 2.37. The topological polar surface area (TPSA) is 41.6 Å². The van der Waals surface area contributed by atoms with E-state index in [2.05, 4.69) is 5.32 Å². The maximum atomic E-state index is 13.4. The van der Waals surface area contributed by atoms with Crippen molar-refractivity contribution in [2.24, 2.45) is 0 Å². The summed E-state index contributed by atoms with van der Waals surface area (Å²) in [7, 11) is 0. The zero-order valence-corrected chi connectivity index (χ0v) is 13.2. The van der Waals surface area contributed by atoms with Crippen LogP contribution in [0.4, 0.5) is 4.39 Å². The van der Waals surface area contributed by atoms with Crippen molar-refractivity contribution in [1.29, 1.82) is 0 Å². The van der Waals surface area contributed by atoms with Crippen LogP contribution in [0.2, 0.25) is 0 Å². The lowest BCUT2D eigenvalue weighted by Crippen LogP contribution is -2.34. The highest BCUT2D eigenvalue weighted by Crippen LogP contribution is 2.22. The van der Waals surface area contributed by atoms with E-state index in [9.17, 15) is 9.18 Å². The molecule has 1 aliphatic rings. The number of carbonyl (C=O) groups excluding carboxylic acids is 1. The molecule has 1 aromatic rings. The van der Waals surface area contributed by atoms with Crippen LogP contribution in [0.25, 0.3) is 0 Å². The molecule has 122 valence electrons. The summed E-state index contributed by atoms with van der Waals surface area (Å²) in [5, 5.41) is 3.28. The molecule has 0 unspecified atom stereocenters. The Bertz CT molecular complexity index is 486. The lowest BCUT2D eigenvalue weighted by Gasteiger charge is -2.20. The van der Waals surface area contributed by atoms with Crippen LogP contribution < -0.4 is 10.1 Å². The minimum atomic E-state index is -0.287. The van der Waals surface area contributed by atoms with E-state index in [1.807, 2.05) is 11.8 Å². The molecule has 2 rings (SSSR count). The third-order valence-corrected chi connectivity index (χ3v) is 3.79. The molecular weight excluding hydrogens is 283 g/mol. The Kier molecular flexibility index (Phi) is 6.65. The number of aryl methyl sites for hydroxylation is 1. The highest BCUT2D eigenvalue weighted by molar-refractivity contribution is 5.76. The molecule has 1 saturated heterocycles. The number of amides is 1. The molecule has 0 aromatic heterocycles. The third kappa shape index (κ3) is 4.98. The molecule has 22 heavy (non-hydrogen) atoms. The van der Waals surface area contributed by atoms with Gasteiger partial charge < -0.3 is 15.0 Å². The molecule has 5 heteroatoms. The summed E-state index contributed by atoms with van der Waals surface area (Å²) >= 11 is 0.